The van der Waals surface area contributed by atoms with Gasteiger partial charge < -0.3 is 14.8 Å². The third-order valence-electron chi connectivity index (χ3n) is 5.02. The lowest BCUT2D eigenvalue weighted by molar-refractivity contribution is 0.0939. The highest BCUT2D eigenvalue weighted by molar-refractivity contribution is 7.94. The van der Waals surface area contributed by atoms with E-state index in [9.17, 15) is 13.2 Å². The van der Waals surface area contributed by atoms with E-state index in [0.29, 0.717) is 36.0 Å². The minimum atomic E-state index is -3.62. The highest BCUT2D eigenvalue weighted by atomic mass is 32.2. The van der Waals surface area contributed by atoms with Crippen LogP contribution in [0, 0.1) is 0 Å². The van der Waals surface area contributed by atoms with Crippen LogP contribution in [-0.4, -0.2) is 34.6 Å². The number of amides is 1. The maximum atomic E-state index is 12.7. The third-order valence-corrected chi connectivity index (χ3v) is 8.18. The van der Waals surface area contributed by atoms with Gasteiger partial charge in [-0.05, 0) is 60.3 Å². The minimum absolute atomic E-state index is 0.245. The number of sulfonamides is 1. The van der Waals surface area contributed by atoms with E-state index >= 15 is 0 Å². The predicted molar refractivity (Wildman–Crippen MR) is 120 cm³/mol. The topological polar surface area (TPSA) is 84.9 Å². The number of anilines is 1. The molecule has 3 aromatic rings. The molecular formula is C22H22N2O5S2. The van der Waals surface area contributed by atoms with Crippen LogP contribution < -0.4 is 19.1 Å². The molecule has 1 N–H and O–H groups in total. The SMILES string of the molecule is CC(NC(=O)c1ccc(N(C)S(=O)(=O)c2cccs2)cc1)c1ccc2c(c1)OCCO2. The highest BCUT2D eigenvalue weighted by Crippen LogP contribution is 2.32. The van der Waals surface area contributed by atoms with Crippen molar-refractivity contribution in [3.63, 3.8) is 0 Å². The number of carbonyl (C=O) groups is 1. The average Bonchev–Trinajstić information content (AvgIpc) is 3.34. The van der Waals surface area contributed by atoms with E-state index in [2.05, 4.69) is 5.32 Å². The standard InChI is InChI=1S/C22H22N2O5S2/c1-15(17-7-10-19-20(14-17)29-12-11-28-19)23-22(25)16-5-8-18(9-6-16)24(2)31(26,27)21-4-3-13-30-21/h3-10,13-15H,11-12H2,1-2H3,(H,23,25). The van der Waals surface area contributed by atoms with E-state index in [-0.39, 0.29) is 16.2 Å². The lowest BCUT2D eigenvalue weighted by atomic mass is 10.1. The van der Waals surface area contributed by atoms with Gasteiger partial charge in [0.2, 0.25) is 0 Å². The quantitative estimate of drug-likeness (QED) is 0.607. The molecule has 1 amide bonds. The summed E-state index contributed by atoms with van der Waals surface area (Å²) in [6, 6.07) is 15.1. The van der Waals surface area contributed by atoms with Crippen molar-refractivity contribution in [1.29, 1.82) is 0 Å². The Bertz CT molecular complexity index is 1180. The van der Waals surface area contributed by atoms with Crippen LogP contribution in [0.1, 0.15) is 28.9 Å². The van der Waals surface area contributed by atoms with Gasteiger partial charge in [-0.1, -0.05) is 12.1 Å². The summed E-state index contributed by atoms with van der Waals surface area (Å²) < 4.78 is 37.9. The first-order valence-corrected chi connectivity index (χ1v) is 12.0. The summed E-state index contributed by atoms with van der Waals surface area (Å²) in [4.78, 5) is 12.7. The van der Waals surface area contributed by atoms with Gasteiger partial charge >= 0.3 is 0 Å². The van der Waals surface area contributed by atoms with Crippen molar-refractivity contribution >= 4 is 33.0 Å². The Balaban J connectivity index is 1.45. The maximum Gasteiger partial charge on any atom is 0.273 e. The average molecular weight is 459 g/mol. The van der Waals surface area contributed by atoms with Crippen LogP contribution in [-0.2, 0) is 10.0 Å². The number of ether oxygens (including phenoxy) is 2. The van der Waals surface area contributed by atoms with Crippen molar-refractivity contribution in [3.05, 3.63) is 71.1 Å². The van der Waals surface area contributed by atoms with Gasteiger partial charge in [-0.25, -0.2) is 8.42 Å². The van der Waals surface area contributed by atoms with Crippen molar-refractivity contribution in [2.45, 2.75) is 17.2 Å². The largest absolute Gasteiger partial charge is 0.486 e. The lowest BCUT2D eigenvalue weighted by Gasteiger charge is -2.21. The Hall–Kier alpha value is -3.04. The molecule has 0 radical (unpaired) electrons. The van der Waals surface area contributed by atoms with Gasteiger partial charge in [0.05, 0.1) is 11.7 Å². The highest BCUT2D eigenvalue weighted by Gasteiger charge is 2.22. The number of hydrogen-bond donors (Lipinski definition) is 1. The predicted octanol–water partition coefficient (Wildman–Crippen LogP) is 3.84. The molecule has 1 aromatic heterocycles. The smallest absolute Gasteiger partial charge is 0.273 e. The Morgan fingerprint density at radius 3 is 2.45 bits per heavy atom. The molecule has 7 nitrogen and oxygen atoms in total. The molecule has 0 saturated heterocycles. The summed E-state index contributed by atoms with van der Waals surface area (Å²) in [6.07, 6.45) is 0. The molecule has 1 atom stereocenters. The van der Waals surface area contributed by atoms with Crippen LogP contribution in [0.25, 0.3) is 0 Å². The zero-order valence-corrected chi connectivity index (χ0v) is 18.7. The Labute approximate surface area is 185 Å². The third kappa shape index (κ3) is 4.38. The van der Waals surface area contributed by atoms with Crippen molar-refractivity contribution in [2.75, 3.05) is 24.6 Å². The first-order valence-electron chi connectivity index (χ1n) is 9.69. The second kappa shape index (κ2) is 8.60. The van der Waals surface area contributed by atoms with E-state index in [1.165, 1.54) is 11.4 Å². The normalized spacial score (nSPS) is 14.0. The summed E-state index contributed by atoms with van der Waals surface area (Å²) in [5.41, 5.74) is 1.82. The fourth-order valence-electron chi connectivity index (χ4n) is 3.20. The van der Waals surface area contributed by atoms with Crippen LogP contribution in [0.3, 0.4) is 0 Å². The number of fused-ring (bicyclic) bond motifs is 1. The van der Waals surface area contributed by atoms with Crippen LogP contribution >= 0.6 is 11.3 Å². The van der Waals surface area contributed by atoms with Crippen molar-refractivity contribution < 1.29 is 22.7 Å². The van der Waals surface area contributed by atoms with Crippen LogP contribution in [0.15, 0.2) is 64.2 Å². The molecule has 31 heavy (non-hydrogen) atoms. The summed E-state index contributed by atoms with van der Waals surface area (Å²) in [5.74, 6) is 1.12. The van der Waals surface area contributed by atoms with Crippen molar-refractivity contribution in [3.8, 4) is 11.5 Å². The fraction of sp³-hybridized carbons (Fsp3) is 0.227. The van der Waals surface area contributed by atoms with Crippen molar-refractivity contribution in [2.24, 2.45) is 0 Å². The molecule has 2 heterocycles. The molecule has 0 spiro atoms. The van der Waals surface area contributed by atoms with Gasteiger partial charge in [0, 0.05) is 12.6 Å². The molecule has 9 heteroatoms. The van der Waals surface area contributed by atoms with Crippen LogP contribution in [0.5, 0.6) is 11.5 Å². The number of rotatable bonds is 6. The number of thiophene rings is 1. The molecule has 1 aliphatic heterocycles. The van der Waals surface area contributed by atoms with E-state index in [0.717, 1.165) is 16.9 Å². The molecule has 4 rings (SSSR count). The number of nitrogens with one attached hydrogen (secondary N) is 1. The Kier molecular flexibility index (Phi) is 5.88. The molecular weight excluding hydrogens is 436 g/mol. The van der Waals surface area contributed by atoms with E-state index < -0.39 is 10.0 Å². The molecule has 1 aliphatic rings. The number of hydrogen-bond acceptors (Lipinski definition) is 6. The van der Waals surface area contributed by atoms with Gasteiger partial charge in [-0.3, -0.25) is 9.10 Å². The molecule has 2 aromatic carbocycles. The number of benzene rings is 2. The monoisotopic (exact) mass is 458 g/mol. The van der Waals surface area contributed by atoms with E-state index in [1.807, 2.05) is 25.1 Å². The molecule has 0 aliphatic carbocycles. The number of carbonyl (C=O) groups excluding carboxylic acids is 1. The maximum absolute atomic E-state index is 12.7. The van der Waals surface area contributed by atoms with Gasteiger partial charge in [-0.2, -0.15) is 0 Å². The van der Waals surface area contributed by atoms with Gasteiger partial charge in [0.15, 0.2) is 11.5 Å². The van der Waals surface area contributed by atoms with Crippen LogP contribution in [0.4, 0.5) is 5.69 Å². The lowest BCUT2D eigenvalue weighted by Crippen LogP contribution is -2.27. The first kappa shape index (κ1) is 21.2. The summed E-state index contributed by atoms with van der Waals surface area (Å²) in [6.45, 7) is 2.91. The first-order chi connectivity index (χ1) is 14.9. The van der Waals surface area contributed by atoms with Gasteiger partial charge in [0.1, 0.15) is 17.4 Å². The summed E-state index contributed by atoms with van der Waals surface area (Å²) in [5, 5.41) is 4.67. The van der Waals surface area contributed by atoms with Crippen molar-refractivity contribution in [1.82, 2.24) is 5.32 Å². The van der Waals surface area contributed by atoms with Crippen LogP contribution in [0.2, 0.25) is 0 Å². The fourth-order valence-corrected chi connectivity index (χ4v) is 5.56. The molecule has 0 fully saturated rings. The zero-order valence-electron chi connectivity index (χ0n) is 17.1. The Morgan fingerprint density at radius 2 is 1.77 bits per heavy atom. The van der Waals surface area contributed by atoms with E-state index in [1.54, 1.807) is 41.8 Å². The van der Waals surface area contributed by atoms with Gasteiger partial charge in [0.25, 0.3) is 15.9 Å². The second-order valence-electron chi connectivity index (χ2n) is 7.05. The van der Waals surface area contributed by atoms with E-state index in [4.69, 9.17) is 9.47 Å². The minimum Gasteiger partial charge on any atom is -0.486 e. The van der Waals surface area contributed by atoms with Gasteiger partial charge in [-0.15, -0.1) is 11.3 Å². The second-order valence-corrected chi connectivity index (χ2v) is 10.2. The Morgan fingerprint density at radius 1 is 1.06 bits per heavy atom. The molecule has 1 unspecified atom stereocenters. The summed E-state index contributed by atoms with van der Waals surface area (Å²) >= 11 is 1.16. The zero-order chi connectivity index (χ0) is 22.0. The molecule has 162 valence electrons. The molecule has 0 saturated carbocycles. The number of nitrogens with zero attached hydrogens (tertiary/aromatic N) is 1. The summed E-state index contributed by atoms with van der Waals surface area (Å²) in [7, 11) is -2.12. The molecule has 0 bridgehead atoms.